The van der Waals surface area contributed by atoms with Crippen LogP contribution in [-0.4, -0.2) is 48.3 Å². The molecule has 3 N–H and O–H groups in total. The number of aromatic nitrogens is 1. The minimum atomic E-state index is -0.655. The average molecular weight is 544 g/mol. The predicted octanol–water partition coefficient (Wildman–Crippen LogP) is 3.92. The zero-order valence-corrected chi connectivity index (χ0v) is 20.6. The Morgan fingerprint density at radius 1 is 1.23 bits per heavy atom. The second kappa shape index (κ2) is 12.3. The van der Waals surface area contributed by atoms with E-state index in [9.17, 15) is 5.11 Å². The molecule has 1 aromatic carbocycles. The molecule has 2 heterocycles. The van der Waals surface area contributed by atoms with Crippen LogP contribution in [0, 0.1) is 6.92 Å². The van der Waals surface area contributed by atoms with Crippen LogP contribution < -0.4 is 15.5 Å². The van der Waals surface area contributed by atoms with Crippen molar-refractivity contribution in [3.63, 3.8) is 0 Å². The molecule has 3 rings (SSSR count). The van der Waals surface area contributed by atoms with Gasteiger partial charge in [0.2, 0.25) is 0 Å². The van der Waals surface area contributed by atoms with E-state index in [1.807, 2.05) is 25.3 Å². The first-order chi connectivity index (χ1) is 14.0. The lowest BCUT2D eigenvalue weighted by Gasteiger charge is -2.34. The molecule has 6 nitrogen and oxygen atoms in total. The van der Waals surface area contributed by atoms with Crippen molar-refractivity contribution in [2.75, 3.05) is 31.1 Å². The predicted molar refractivity (Wildman–Crippen MR) is 135 cm³/mol. The van der Waals surface area contributed by atoms with Crippen molar-refractivity contribution < 1.29 is 5.11 Å². The molecule has 30 heavy (non-hydrogen) atoms. The van der Waals surface area contributed by atoms with E-state index >= 15 is 0 Å². The van der Waals surface area contributed by atoms with E-state index in [0.717, 1.165) is 49.8 Å². The molecule has 8 heteroatoms. The van der Waals surface area contributed by atoms with Crippen LogP contribution >= 0.6 is 35.6 Å². The Morgan fingerprint density at radius 3 is 2.53 bits per heavy atom. The Labute approximate surface area is 201 Å². The van der Waals surface area contributed by atoms with E-state index < -0.39 is 6.10 Å². The maximum Gasteiger partial charge on any atom is 0.191 e. The molecule has 1 aliphatic rings. The van der Waals surface area contributed by atoms with Gasteiger partial charge in [0.05, 0.1) is 12.6 Å². The third kappa shape index (κ3) is 7.28. The summed E-state index contributed by atoms with van der Waals surface area (Å²) in [6, 6.07) is 11.8. The number of anilines is 1. The van der Waals surface area contributed by atoms with E-state index in [-0.39, 0.29) is 24.0 Å². The highest BCUT2D eigenvalue weighted by Crippen LogP contribution is 2.19. The SMILES string of the molecule is CCNC(=NCC(O)c1ccc(Cl)cc1)NC1CCN(c2ccc(C)cn2)CC1.I. The summed E-state index contributed by atoms with van der Waals surface area (Å²) in [5, 5.41) is 17.8. The van der Waals surface area contributed by atoms with Gasteiger partial charge in [0.15, 0.2) is 5.96 Å². The smallest absolute Gasteiger partial charge is 0.191 e. The average Bonchev–Trinajstić information content (AvgIpc) is 2.74. The molecule has 1 atom stereocenters. The third-order valence-electron chi connectivity index (χ3n) is 5.08. The molecule has 1 fully saturated rings. The topological polar surface area (TPSA) is 72.8 Å². The second-order valence-corrected chi connectivity index (χ2v) is 7.82. The van der Waals surface area contributed by atoms with Crippen molar-refractivity contribution in [2.45, 2.75) is 38.8 Å². The molecule has 1 saturated heterocycles. The number of halogens is 2. The van der Waals surface area contributed by atoms with Gasteiger partial charge in [-0.25, -0.2) is 4.98 Å². The third-order valence-corrected chi connectivity index (χ3v) is 5.33. The van der Waals surface area contributed by atoms with Crippen LogP contribution in [0.2, 0.25) is 5.02 Å². The largest absolute Gasteiger partial charge is 0.386 e. The molecule has 0 radical (unpaired) electrons. The summed E-state index contributed by atoms with van der Waals surface area (Å²) in [6.07, 6.45) is 3.29. The molecule has 2 aromatic rings. The lowest BCUT2D eigenvalue weighted by molar-refractivity contribution is 0.187. The Balaban J connectivity index is 0.00000320. The van der Waals surface area contributed by atoms with Crippen molar-refractivity contribution in [1.29, 1.82) is 0 Å². The Hall–Kier alpha value is -1.58. The number of hydrogen-bond acceptors (Lipinski definition) is 4. The molecule has 1 aromatic heterocycles. The highest BCUT2D eigenvalue weighted by Gasteiger charge is 2.21. The fraction of sp³-hybridized carbons (Fsp3) is 0.455. The van der Waals surface area contributed by atoms with E-state index in [0.29, 0.717) is 17.6 Å². The molecule has 1 aliphatic heterocycles. The van der Waals surface area contributed by atoms with Crippen LogP contribution in [0.25, 0.3) is 0 Å². The highest BCUT2D eigenvalue weighted by molar-refractivity contribution is 14.0. The maximum absolute atomic E-state index is 10.4. The maximum atomic E-state index is 10.4. The van der Waals surface area contributed by atoms with Gasteiger partial charge in [0.25, 0.3) is 0 Å². The number of nitrogens with zero attached hydrogens (tertiary/aromatic N) is 3. The van der Waals surface area contributed by atoms with Crippen molar-refractivity contribution in [3.05, 3.63) is 58.7 Å². The van der Waals surface area contributed by atoms with Gasteiger partial charge < -0.3 is 20.6 Å². The van der Waals surface area contributed by atoms with Crippen molar-refractivity contribution in [3.8, 4) is 0 Å². The van der Waals surface area contributed by atoms with Crippen molar-refractivity contribution in [1.82, 2.24) is 15.6 Å². The molecule has 0 amide bonds. The summed E-state index contributed by atoms with van der Waals surface area (Å²) in [6.45, 7) is 7.08. The Morgan fingerprint density at radius 2 is 1.93 bits per heavy atom. The van der Waals surface area contributed by atoms with Crippen LogP contribution in [0.4, 0.5) is 5.82 Å². The first kappa shape index (κ1) is 24.7. The van der Waals surface area contributed by atoms with E-state index in [4.69, 9.17) is 11.6 Å². The Bertz CT molecular complexity index is 792. The number of aliphatic imine (C=N–C) groups is 1. The fourth-order valence-corrected chi connectivity index (χ4v) is 3.51. The molecule has 0 spiro atoms. The number of aliphatic hydroxyl groups is 1. The summed E-state index contributed by atoms with van der Waals surface area (Å²) < 4.78 is 0. The van der Waals surface area contributed by atoms with Crippen LogP contribution in [0.3, 0.4) is 0 Å². The number of pyridine rings is 1. The van der Waals surface area contributed by atoms with Gasteiger partial charge in [-0.15, -0.1) is 24.0 Å². The van der Waals surface area contributed by atoms with E-state index in [2.05, 4.69) is 44.6 Å². The number of aliphatic hydroxyl groups excluding tert-OH is 1. The van der Waals surface area contributed by atoms with E-state index in [1.165, 1.54) is 5.56 Å². The number of piperidine rings is 1. The molecule has 0 bridgehead atoms. The zero-order valence-electron chi connectivity index (χ0n) is 17.5. The number of hydrogen-bond donors (Lipinski definition) is 3. The van der Waals surface area contributed by atoms with Gasteiger partial charge in [0.1, 0.15) is 5.82 Å². The van der Waals surface area contributed by atoms with Crippen LogP contribution in [0.15, 0.2) is 47.6 Å². The molecule has 0 saturated carbocycles. The molecule has 164 valence electrons. The summed E-state index contributed by atoms with van der Waals surface area (Å²) >= 11 is 5.91. The first-order valence-corrected chi connectivity index (χ1v) is 10.6. The highest BCUT2D eigenvalue weighted by atomic mass is 127. The van der Waals surface area contributed by atoms with Crippen LogP contribution in [0.5, 0.6) is 0 Å². The zero-order chi connectivity index (χ0) is 20.6. The van der Waals surface area contributed by atoms with Crippen molar-refractivity contribution in [2.24, 2.45) is 4.99 Å². The molecule has 0 aliphatic carbocycles. The lowest BCUT2D eigenvalue weighted by Crippen LogP contribution is -2.49. The van der Waals surface area contributed by atoms with Gasteiger partial charge in [-0.05, 0) is 56.0 Å². The summed E-state index contributed by atoms with van der Waals surface area (Å²) in [7, 11) is 0. The summed E-state index contributed by atoms with van der Waals surface area (Å²) in [5.74, 6) is 1.79. The monoisotopic (exact) mass is 543 g/mol. The van der Waals surface area contributed by atoms with Gasteiger partial charge in [-0.1, -0.05) is 29.8 Å². The van der Waals surface area contributed by atoms with Crippen LogP contribution in [0.1, 0.15) is 37.0 Å². The number of benzene rings is 1. The minimum Gasteiger partial charge on any atom is -0.386 e. The minimum absolute atomic E-state index is 0. The normalized spacial score (nSPS) is 16.0. The second-order valence-electron chi connectivity index (χ2n) is 7.39. The van der Waals surface area contributed by atoms with Crippen LogP contribution in [-0.2, 0) is 0 Å². The van der Waals surface area contributed by atoms with Gasteiger partial charge in [0, 0.05) is 36.9 Å². The molecular weight excluding hydrogens is 513 g/mol. The van der Waals surface area contributed by atoms with Gasteiger partial charge in [-0.3, -0.25) is 4.99 Å². The number of nitrogens with one attached hydrogen (secondary N) is 2. The quantitative estimate of drug-likeness (QED) is 0.293. The number of aryl methyl sites for hydroxylation is 1. The van der Waals surface area contributed by atoms with Crippen molar-refractivity contribution >= 4 is 47.4 Å². The number of rotatable bonds is 6. The van der Waals surface area contributed by atoms with Gasteiger partial charge in [-0.2, -0.15) is 0 Å². The summed E-state index contributed by atoms with van der Waals surface area (Å²) in [4.78, 5) is 11.4. The molecular formula is C22H31ClIN5O. The molecule has 1 unspecified atom stereocenters. The fourth-order valence-electron chi connectivity index (χ4n) is 3.38. The van der Waals surface area contributed by atoms with E-state index in [1.54, 1.807) is 12.1 Å². The standard InChI is InChI=1S/C22H30ClN5O.HI/c1-3-24-22(26-15-20(29)17-5-7-18(23)8-6-17)27-19-10-12-28(13-11-19)21-9-4-16(2)14-25-21;/h4-9,14,19-20,29H,3,10-13,15H2,1-2H3,(H2,24,26,27);1H. The lowest BCUT2D eigenvalue weighted by atomic mass is 10.1. The van der Waals surface area contributed by atoms with Gasteiger partial charge >= 0.3 is 0 Å². The first-order valence-electron chi connectivity index (χ1n) is 10.2. The Kier molecular flexibility index (Phi) is 10.1. The summed E-state index contributed by atoms with van der Waals surface area (Å²) in [5.41, 5.74) is 1.99. The number of guanidine groups is 1.